The van der Waals surface area contributed by atoms with Crippen LogP contribution in [0.3, 0.4) is 0 Å². The number of esters is 3. The molecule has 0 atom stereocenters. The van der Waals surface area contributed by atoms with Gasteiger partial charge in [-0.3, -0.25) is 14.4 Å². The van der Waals surface area contributed by atoms with Crippen molar-refractivity contribution >= 4 is 41.1 Å². The van der Waals surface area contributed by atoms with Crippen LogP contribution in [0.25, 0.3) is 0 Å². The van der Waals surface area contributed by atoms with E-state index in [9.17, 15) is 24.0 Å². The third kappa shape index (κ3) is 9.96. The van der Waals surface area contributed by atoms with E-state index >= 15 is 0 Å². The molecule has 2 aromatic carbocycles. The van der Waals surface area contributed by atoms with Crippen molar-refractivity contribution in [2.45, 2.75) is 39.5 Å². The molecule has 36 heavy (non-hydrogen) atoms. The van der Waals surface area contributed by atoms with Crippen LogP contribution in [0, 0.1) is 0 Å². The molecule has 0 fully saturated rings. The van der Waals surface area contributed by atoms with Crippen molar-refractivity contribution < 1.29 is 38.2 Å². The number of amides is 2. The van der Waals surface area contributed by atoms with E-state index in [1.807, 2.05) is 6.92 Å². The molecular formula is C26H30N2O8. The fourth-order valence-corrected chi connectivity index (χ4v) is 2.90. The SMILES string of the molecule is CCCOC(=O)c1ccc(NC(=O)COC(=O)CCCC(=O)Nc2ccc(C(=O)OCC)cc2)cc1. The summed E-state index contributed by atoms with van der Waals surface area (Å²) in [5.74, 6) is -2.32. The molecule has 192 valence electrons. The van der Waals surface area contributed by atoms with Crippen molar-refractivity contribution in [3.63, 3.8) is 0 Å². The summed E-state index contributed by atoms with van der Waals surface area (Å²) in [6, 6.07) is 12.4. The van der Waals surface area contributed by atoms with Crippen LogP contribution >= 0.6 is 0 Å². The summed E-state index contributed by atoms with van der Waals surface area (Å²) < 4.78 is 14.9. The Labute approximate surface area is 209 Å². The molecule has 0 aliphatic heterocycles. The van der Waals surface area contributed by atoms with Gasteiger partial charge in [-0.1, -0.05) is 6.92 Å². The predicted octanol–water partition coefficient (Wildman–Crippen LogP) is 3.72. The summed E-state index contributed by atoms with van der Waals surface area (Å²) in [6.45, 7) is 3.74. The Kier molecular flexibility index (Phi) is 11.6. The smallest absolute Gasteiger partial charge is 0.338 e. The van der Waals surface area contributed by atoms with Crippen molar-refractivity contribution in [1.29, 1.82) is 0 Å². The molecule has 0 saturated heterocycles. The Morgan fingerprint density at radius 2 is 1.19 bits per heavy atom. The van der Waals surface area contributed by atoms with Crippen LogP contribution in [0.5, 0.6) is 0 Å². The maximum absolute atomic E-state index is 12.1. The zero-order valence-electron chi connectivity index (χ0n) is 20.3. The summed E-state index contributed by atoms with van der Waals surface area (Å²) in [7, 11) is 0. The Morgan fingerprint density at radius 3 is 1.72 bits per heavy atom. The quantitative estimate of drug-likeness (QED) is 0.315. The minimum absolute atomic E-state index is 0.0307. The normalized spacial score (nSPS) is 10.2. The number of rotatable bonds is 13. The van der Waals surface area contributed by atoms with Crippen molar-refractivity contribution in [2.24, 2.45) is 0 Å². The van der Waals surface area contributed by atoms with E-state index in [2.05, 4.69) is 10.6 Å². The van der Waals surface area contributed by atoms with Crippen molar-refractivity contribution in [1.82, 2.24) is 0 Å². The first-order valence-corrected chi connectivity index (χ1v) is 11.6. The zero-order chi connectivity index (χ0) is 26.3. The number of carbonyl (C=O) groups is 5. The number of hydrogen-bond donors (Lipinski definition) is 2. The van der Waals surface area contributed by atoms with Gasteiger partial charge in [0.25, 0.3) is 5.91 Å². The molecule has 0 aliphatic carbocycles. The highest BCUT2D eigenvalue weighted by Crippen LogP contribution is 2.13. The molecule has 0 radical (unpaired) electrons. The van der Waals surface area contributed by atoms with Crippen LogP contribution in [0.2, 0.25) is 0 Å². The largest absolute Gasteiger partial charge is 0.462 e. The molecular weight excluding hydrogens is 468 g/mol. The van der Waals surface area contributed by atoms with Gasteiger partial charge in [-0.15, -0.1) is 0 Å². The van der Waals surface area contributed by atoms with E-state index < -0.39 is 30.4 Å². The summed E-state index contributed by atoms with van der Waals surface area (Å²) in [6.07, 6.45) is 1.01. The third-order valence-electron chi connectivity index (χ3n) is 4.67. The Morgan fingerprint density at radius 1 is 0.667 bits per heavy atom. The number of nitrogens with one attached hydrogen (secondary N) is 2. The second kappa shape index (κ2) is 14.9. The van der Waals surface area contributed by atoms with Gasteiger partial charge in [-0.05, 0) is 68.3 Å². The average molecular weight is 499 g/mol. The first kappa shape index (κ1) is 28.0. The lowest BCUT2D eigenvalue weighted by Gasteiger charge is -2.08. The number of benzene rings is 2. The van der Waals surface area contributed by atoms with Gasteiger partial charge in [-0.25, -0.2) is 9.59 Å². The standard InChI is InChI=1S/C26H30N2O8/c1-3-16-35-26(33)19-10-14-21(15-11-19)28-23(30)17-36-24(31)7-5-6-22(29)27-20-12-8-18(9-13-20)25(32)34-4-2/h8-15H,3-7,16-17H2,1-2H3,(H,27,29)(H,28,30). The highest BCUT2D eigenvalue weighted by atomic mass is 16.5. The molecule has 0 bridgehead atoms. The monoisotopic (exact) mass is 498 g/mol. The lowest BCUT2D eigenvalue weighted by molar-refractivity contribution is -0.147. The van der Waals surface area contributed by atoms with Gasteiger partial charge in [0.15, 0.2) is 6.61 Å². The minimum atomic E-state index is -0.606. The average Bonchev–Trinajstić information content (AvgIpc) is 2.87. The molecule has 10 nitrogen and oxygen atoms in total. The van der Waals surface area contributed by atoms with Crippen LogP contribution in [-0.4, -0.2) is 49.5 Å². The molecule has 10 heteroatoms. The van der Waals surface area contributed by atoms with Crippen LogP contribution in [0.4, 0.5) is 11.4 Å². The van der Waals surface area contributed by atoms with Crippen LogP contribution in [0.1, 0.15) is 60.2 Å². The Balaban J connectivity index is 1.64. The van der Waals surface area contributed by atoms with Gasteiger partial charge >= 0.3 is 17.9 Å². The van der Waals surface area contributed by atoms with Crippen LogP contribution in [0.15, 0.2) is 48.5 Å². The molecule has 0 spiro atoms. The molecule has 0 aliphatic rings. The van der Waals surface area contributed by atoms with Crippen LogP contribution < -0.4 is 10.6 Å². The van der Waals surface area contributed by atoms with E-state index in [4.69, 9.17) is 14.2 Å². The fourth-order valence-electron chi connectivity index (χ4n) is 2.90. The van der Waals surface area contributed by atoms with Gasteiger partial charge in [0.05, 0.1) is 24.3 Å². The summed E-state index contributed by atoms with van der Waals surface area (Å²) in [4.78, 5) is 59.3. The molecule has 2 N–H and O–H groups in total. The van der Waals surface area contributed by atoms with Gasteiger partial charge < -0.3 is 24.8 Å². The highest BCUT2D eigenvalue weighted by Gasteiger charge is 2.12. The predicted molar refractivity (Wildman–Crippen MR) is 131 cm³/mol. The molecule has 0 unspecified atom stereocenters. The highest BCUT2D eigenvalue weighted by molar-refractivity contribution is 5.95. The first-order valence-electron chi connectivity index (χ1n) is 11.6. The maximum atomic E-state index is 12.1. The van der Waals surface area contributed by atoms with Gasteiger partial charge in [0.2, 0.25) is 5.91 Å². The van der Waals surface area contributed by atoms with E-state index in [1.54, 1.807) is 43.3 Å². The lowest BCUT2D eigenvalue weighted by atomic mass is 10.2. The fraction of sp³-hybridized carbons (Fsp3) is 0.346. The van der Waals surface area contributed by atoms with E-state index in [0.717, 1.165) is 6.42 Å². The first-order chi connectivity index (χ1) is 17.3. The topological polar surface area (TPSA) is 137 Å². The third-order valence-corrected chi connectivity index (χ3v) is 4.67. The molecule has 0 heterocycles. The zero-order valence-corrected chi connectivity index (χ0v) is 20.3. The molecule has 0 saturated carbocycles. The summed E-state index contributed by atoms with van der Waals surface area (Å²) in [5.41, 5.74) is 1.70. The van der Waals surface area contributed by atoms with Gasteiger partial charge in [-0.2, -0.15) is 0 Å². The van der Waals surface area contributed by atoms with Gasteiger partial charge in [0.1, 0.15) is 0 Å². The second-order valence-electron chi connectivity index (χ2n) is 7.62. The molecule has 2 aromatic rings. The van der Waals surface area contributed by atoms with Gasteiger partial charge in [0, 0.05) is 24.2 Å². The van der Waals surface area contributed by atoms with E-state index in [0.29, 0.717) is 29.1 Å². The molecule has 0 aromatic heterocycles. The minimum Gasteiger partial charge on any atom is -0.462 e. The summed E-state index contributed by atoms with van der Waals surface area (Å²) in [5, 5.41) is 5.24. The second-order valence-corrected chi connectivity index (χ2v) is 7.62. The number of ether oxygens (including phenoxy) is 3. The summed E-state index contributed by atoms with van der Waals surface area (Å²) >= 11 is 0. The Bertz CT molecular complexity index is 1050. The number of hydrogen-bond acceptors (Lipinski definition) is 8. The van der Waals surface area contributed by atoms with E-state index in [1.165, 1.54) is 12.1 Å². The van der Waals surface area contributed by atoms with Crippen molar-refractivity contribution in [3.8, 4) is 0 Å². The number of carbonyl (C=O) groups excluding carboxylic acids is 5. The molecule has 2 rings (SSSR count). The van der Waals surface area contributed by atoms with E-state index in [-0.39, 0.29) is 31.8 Å². The molecule has 2 amide bonds. The Hall–Kier alpha value is -4.21. The number of anilines is 2. The van der Waals surface area contributed by atoms with Crippen LogP contribution in [-0.2, 0) is 28.6 Å². The lowest BCUT2D eigenvalue weighted by Crippen LogP contribution is -2.21. The maximum Gasteiger partial charge on any atom is 0.338 e. The van der Waals surface area contributed by atoms with Crippen molar-refractivity contribution in [3.05, 3.63) is 59.7 Å². The van der Waals surface area contributed by atoms with Crippen molar-refractivity contribution in [2.75, 3.05) is 30.5 Å².